The fourth-order valence-corrected chi connectivity index (χ4v) is 2.45. The highest BCUT2D eigenvalue weighted by atomic mass is 16.7. The lowest BCUT2D eigenvalue weighted by molar-refractivity contribution is -0.187. The molecule has 1 heterocycles. The average molecular weight is 274 g/mol. The maximum atomic E-state index is 5.96. The molecule has 1 aromatic carbocycles. The van der Waals surface area contributed by atoms with Crippen LogP contribution in [0.5, 0.6) is 0 Å². The summed E-state index contributed by atoms with van der Waals surface area (Å²) < 4.78 is 11.8. The van der Waals surface area contributed by atoms with Gasteiger partial charge in [-0.05, 0) is 37.3 Å². The number of benzene rings is 1. The SMILES string of the molecule is CCCCCC(=Cc1ccccc1)C1OCCC(C)O1. The van der Waals surface area contributed by atoms with E-state index in [4.69, 9.17) is 9.47 Å². The molecule has 110 valence electrons. The van der Waals surface area contributed by atoms with Gasteiger partial charge >= 0.3 is 0 Å². The van der Waals surface area contributed by atoms with Crippen LogP contribution in [0, 0.1) is 0 Å². The van der Waals surface area contributed by atoms with Crippen LogP contribution in [0.1, 0.15) is 51.5 Å². The van der Waals surface area contributed by atoms with E-state index in [-0.39, 0.29) is 6.29 Å². The van der Waals surface area contributed by atoms with Crippen LogP contribution < -0.4 is 0 Å². The molecule has 2 nitrogen and oxygen atoms in total. The molecule has 0 spiro atoms. The lowest BCUT2D eigenvalue weighted by Gasteiger charge is -2.30. The third-order valence-corrected chi connectivity index (χ3v) is 3.67. The minimum Gasteiger partial charge on any atom is -0.349 e. The van der Waals surface area contributed by atoms with E-state index in [2.05, 4.69) is 44.2 Å². The molecule has 1 aliphatic rings. The van der Waals surface area contributed by atoms with Gasteiger partial charge in [0.15, 0.2) is 6.29 Å². The topological polar surface area (TPSA) is 18.5 Å². The van der Waals surface area contributed by atoms with Gasteiger partial charge in [0.25, 0.3) is 0 Å². The normalized spacial score (nSPS) is 23.8. The summed E-state index contributed by atoms with van der Waals surface area (Å²) in [7, 11) is 0. The molecule has 0 amide bonds. The molecule has 0 bridgehead atoms. The Morgan fingerprint density at radius 2 is 2.05 bits per heavy atom. The van der Waals surface area contributed by atoms with E-state index in [1.54, 1.807) is 0 Å². The molecule has 2 unspecified atom stereocenters. The smallest absolute Gasteiger partial charge is 0.180 e. The van der Waals surface area contributed by atoms with E-state index in [0.29, 0.717) is 6.10 Å². The summed E-state index contributed by atoms with van der Waals surface area (Å²) >= 11 is 0. The number of hydrogen-bond donors (Lipinski definition) is 0. The van der Waals surface area contributed by atoms with Crippen molar-refractivity contribution in [3.05, 3.63) is 41.5 Å². The molecule has 2 heteroatoms. The number of unbranched alkanes of at least 4 members (excludes halogenated alkanes) is 2. The van der Waals surface area contributed by atoms with Crippen molar-refractivity contribution in [3.8, 4) is 0 Å². The van der Waals surface area contributed by atoms with Crippen molar-refractivity contribution in [2.24, 2.45) is 0 Å². The highest BCUT2D eigenvalue weighted by Gasteiger charge is 2.23. The predicted molar refractivity (Wildman–Crippen MR) is 83.5 cm³/mol. The van der Waals surface area contributed by atoms with Gasteiger partial charge in [0.05, 0.1) is 12.7 Å². The molecule has 0 N–H and O–H groups in total. The molecule has 2 rings (SSSR count). The molecule has 1 fully saturated rings. The third kappa shape index (κ3) is 4.77. The summed E-state index contributed by atoms with van der Waals surface area (Å²) in [6.45, 7) is 5.16. The predicted octanol–water partition coefficient (Wildman–Crippen LogP) is 4.80. The fourth-order valence-electron chi connectivity index (χ4n) is 2.45. The Bertz CT molecular complexity index is 411. The van der Waals surface area contributed by atoms with Crippen molar-refractivity contribution in [1.82, 2.24) is 0 Å². The van der Waals surface area contributed by atoms with Gasteiger partial charge in [0.2, 0.25) is 0 Å². The first kappa shape index (κ1) is 15.3. The Balaban J connectivity index is 2.09. The first-order valence-corrected chi connectivity index (χ1v) is 7.82. The summed E-state index contributed by atoms with van der Waals surface area (Å²) in [6, 6.07) is 10.4. The van der Waals surface area contributed by atoms with E-state index >= 15 is 0 Å². The Labute approximate surface area is 122 Å². The molecule has 0 radical (unpaired) electrons. The lowest BCUT2D eigenvalue weighted by Crippen LogP contribution is -2.31. The minimum atomic E-state index is -0.157. The number of ether oxygens (including phenoxy) is 2. The molecule has 1 saturated heterocycles. The molecular weight excluding hydrogens is 248 g/mol. The highest BCUT2D eigenvalue weighted by Crippen LogP contribution is 2.24. The standard InChI is InChI=1S/C18H26O2/c1-3-4-6-11-17(14-16-9-7-5-8-10-16)18-19-13-12-15(2)20-18/h5,7-10,14-15,18H,3-4,6,11-13H2,1-2H3. The van der Waals surface area contributed by atoms with Crippen LogP contribution >= 0.6 is 0 Å². The first-order valence-electron chi connectivity index (χ1n) is 7.82. The molecule has 0 aliphatic carbocycles. The van der Waals surface area contributed by atoms with Gasteiger partial charge in [-0.2, -0.15) is 0 Å². The third-order valence-electron chi connectivity index (χ3n) is 3.67. The molecule has 1 aromatic rings. The van der Waals surface area contributed by atoms with E-state index in [1.165, 1.54) is 30.4 Å². The second-order valence-corrected chi connectivity index (χ2v) is 5.53. The molecule has 1 aliphatic heterocycles. The van der Waals surface area contributed by atoms with Gasteiger partial charge in [-0.1, -0.05) is 56.2 Å². The largest absolute Gasteiger partial charge is 0.349 e. The summed E-state index contributed by atoms with van der Waals surface area (Å²) in [5.74, 6) is 0. The van der Waals surface area contributed by atoms with E-state index in [9.17, 15) is 0 Å². The maximum absolute atomic E-state index is 5.96. The second-order valence-electron chi connectivity index (χ2n) is 5.53. The van der Waals surface area contributed by atoms with Gasteiger partial charge in [-0.15, -0.1) is 0 Å². The van der Waals surface area contributed by atoms with Crippen LogP contribution in [0.4, 0.5) is 0 Å². The number of hydrogen-bond acceptors (Lipinski definition) is 2. The quantitative estimate of drug-likeness (QED) is 0.694. The monoisotopic (exact) mass is 274 g/mol. The first-order chi connectivity index (χ1) is 9.79. The molecule has 2 atom stereocenters. The van der Waals surface area contributed by atoms with Gasteiger partial charge in [0, 0.05) is 0 Å². The molecular formula is C18H26O2. The zero-order valence-electron chi connectivity index (χ0n) is 12.7. The van der Waals surface area contributed by atoms with Crippen LogP contribution in [-0.4, -0.2) is 19.0 Å². The van der Waals surface area contributed by atoms with Crippen molar-refractivity contribution < 1.29 is 9.47 Å². The summed E-state index contributed by atoms with van der Waals surface area (Å²) in [5.41, 5.74) is 2.50. The zero-order valence-corrected chi connectivity index (χ0v) is 12.7. The van der Waals surface area contributed by atoms with Crippen molar-refractivity contribution >= 4 is 6.08 Å². The second kappa shape index (κ2) is 8.23. The van der Waals surface area contributed by atoms with Crippen LogP contribution in [0.2, 0.25) is 0 Å². The van der Waals surface area contributed by atoms with Crippen LogP contribution in [-0.2, 0) is 9.47 Å². The van der Waals surface area contributed by atoms with Gasteiger partial charge in [0.1, 0.15) is 0 Å². The molecule has 0 saturated carbocycles. The average Bonchev–Trinajstić information content (AvgIpc) is 2.47. The lowest BCUT2D eigenvalue weighted by atomic mass is 10.0. The Kier molecular flexibility index (Phi) is 6.28. The van der Waals surface area contributed by atoms with Crippen molar-refractivity contribution in [1.29, 1.82) is 0 Å². The van der Waals surface area contributed by atoms with E-state index < -0.39 is 0 Å². The van der Waals surface area contributed by atoms with Crippen molar-refractivity contribution in [3.63, 3.8) is 0 Å². The van der Waals surface area contributed by atoms with Crippen LogP contribution in [0.15, 0.2) is 35.9 Å². The van der Waals surface area contributed by atoms with E-state index in [0.717, 1.165) is 19.4 Å². The maximum Gasteiger partial charge on any atom is 0.180 e. The summed E-state index contributed by atoms with van der Waals surface area (Å²) in [6.07, 6.45) is 8.11. The Morgan fingerprint density at radius 1 is 1.25 bits per heavy atom. The summed E-state index contributed by atoms with van der Waals surface area (Å²) in [4.78, 5) is 0. The van der Waals surface area contributed by atoms with Crippen LogP contribution in [0.3, 0.4) is 0 Å². The van der Waals surface area contributed by atoms with Crippen molar-refractivity contribution in [2.75, 3.05) is 6.61 Å². The highest BCUT2D eigenvalue weighted by molar-refractivity contribution is 5.53. The Morgan fingerprint density at radius 3 is 2.75 bits per heavy atom. The van der Waals surface area contributed by atoms with Gasteiger partial charge in [-0.3, -0.25) is 0 Å². The summed E-state index contributed by atoms with van der Waals surface area (Å²) in [5, 5.41) is 0. The van der Waals surface area contributed by atoms with Gasteiger partial charge < -0.3 is 9.47 Å². The Hall–Kier alpha value is -1.12. The van der Waals surface area contributed by atoms with Crippen LogP contribution in [0.25, 0.3) is 6.08 Å². The molecule has 20 heavy (non-hydrogen) atoms. The minimum absolute atomic E-state index is 0.157. The van der Waals surface area contributed by atoms with Gasteiger partial charge in [-0.25, -0.2) is 0 Å². The molecule has 0 aromatic heterocycles. The zero-order chi connectivity index (χ0) is 14.2. The fraction of sp³-hybridized carbons (Fsp3) is 0.556. The van der Waals surface area contributed by atoms with E-state index in [1.807, 2.05) is 6.07 Å². The number of rotatable bonds is 6. The van der Waals surface area contributed by atoms with Crippen molar-refractivity contribution in [2.45, 2.75) is 58.3 Å².